The van der Waals surface area contributed by atoms with Crippen LogP contribution < -0.4 is 10.1 Å². The topological polar surface area (TPSA) is 21.3 Å². The molecule has 2 heteroatoms. The van der Waals surface area contributed by atoms with Gasteiger partial charge in [-0.15, -0.1) is 0 Å². The lowest BCUT2D eigenvalue weighted by atomic mass is 9.97. The smallest absolute Gasteiger partial charge is 0.118 e. The maximum Gasteiger partial charge on any atom is 0.118 e. The second-order valence-electron chi connectivity index (χ2n) is 6.31. The first-order chi connectivity index (χ1) is 10.2. The third kappa shape index (κ3) is 3.45. The van der Waals surface area contributed by atoms with Crippen LogP contribution in [0, 0.1) is 5.41 Å². The van der Waals surface area contributed by atoms with Gasteiger partial charge in [-0.3, -0.25) is 0 Å². The van der Waals surface area contributed by atoms with Crippen molar-refractivity contribution in [2.75, 3.05) is 13.7 Å². The first-order valence-corrected chi connectivity index (χ1v) is 7.62. The molecule has 0 amide bonds. The Bertz CT molecular complexity index is 572. The van der Waals surface area contributed by atoms with Crippen molar-refractivity contribution in [2.24, 2.45) is 5.41 Å². The molecule has 2 nitrogen and oxygen atoms in total. The average molecular weight is 281 g/mol. The van der Waals surface area contributed by atoms with E-state index in [4.69, 9.17) is 4.74 Å². The van der Waals surface area contributed by atoms with Crippen LogP contribution in [0.4, 0.5) is 0 Å². The van der Waals surface area contributed by atoms with Gasteiger partial charge in [0, 0.05) is 6.54 Å². The molecule has 1 fully saturated rings. The van der Waals surface area contributed by atoms with Crippen LogP contribution in [-0.4, -0.2) is 13.7 Å². The lowest BCUT2D eigenvalue weighted by Gasteiger charge is -2.22. The molecule has 2 aromatic carbocycles. The van der Waals surface area contributed by atoms with Gasteiger partial charge in [-0.2, -0.15) is 0 Å². The summed E-state index contributed by atoms with van der Waals surface area (Å²) in [5.74, 6) is 0.903. The monoisotopic (exact) mass is 281 g/mol. The molecule has 1 N–H and O–H groups in total. The molecule has 1 aliphatic rings. The van der Waals surface area contributed by atoms with Crippen molar-refractivity contribution in [3.63, 3.8) is 0 Å². The minimum absolute atomic E-state index is 0.245. The van der Waals surface area contributed by atoms with Gasteiger partial charge >= 0.3 is 0 Å². The number of hydrogen-bond acceptors (Lipinski definition) is 2. The molecule has 21 heavy (non-hydrogen) atoms. The van der Waals surface area contributed by atoms with Gasteiger partial charge in [-0.05, 0) is 41.5 Å². The van der Waals surface area contributed by atoms with Crippen LogP contribution in [0.3, 0.4) is 0 Å². The molecule has 1 atom stereocenters. The Morgan fingerprint density at radius 2 is 1.62 bits per heavy atom. The summed E-state index contributed by atoms with van der Waals surface area (Å²) in [7, 11) is 1.70. The Morgan fingerprint density at radius 3 is 2.19 bits per heavy atom. The molecule has 1 saturated carbocycles. The SMILES string of the molecule is COc1ccc(C(NCC2(C)CC2)c2ccccc2)cc1. The first-order valence-electron chi connectivity index (χ1n) is 7.62. The standard InChI is InChI=1S/C19H23NO/c1-19(12-13-19)14-20-18(15-6-4-3-5-7-15)16-8-10-17(21-2)11-9-16/h3-11,18,20H,12-14H2,1-2H3. The Labute approximate surface area is 127 Å². The van der Waals surface area contributed by atoms with Gasteiger partial charge in [0.05, 0.1) is 13.2 Å². The number of methoxy groups -OCH3 is 1. The van der Waals surface area contributed by atoms with Crippen molar-refractivity contribution < 1.29 is 4.74 Å². The Balaban J connectivity index is 1.83. The molecule has 0 aromatic heterocycles. The minimum Gasteiger partial charge on any atom is -0.497 e. The maximum atomic E-state index is 5.26. The van der Waals surface area contributed by atoms with E-state index in [-0.39, 0.29) is 6.04 Å². The van der Waals surface area contributed by atoms with Crippen molar-refractivity contribution in [3.8, 4) is 5.75 Å². The summed E-state index contributed by atoms with van der Waals surface area (Å²) in [6.07, 6.45) is 2.67. The largest absolute Gasteiger partial charge is 0.497 e. The van der Waals surface area contributed by atoms with E-state index in [0.29, 0.717) is 5.41 Å². The third-order valence-electron chi connectivity index (χ3n) is 4.42. The molecule has 3 rings (SSSR count). The van der Waals surface area contributed by atoms with Crippen LogP contribution in [0.5, 0.6) is 5.75 Å². The van der Waals surface area contributed by atoms with E-state index in [2.05, 4.69) is 54.7 Å². The zero-order chi connectivity index (χ0) is 14.7. The van der Waals surface area contributed by atoms with Crippen molar-refractivity contribution in [3.05, 3.63) is 65.7 Å². The number of nitrogens with one attached hydrogen (secondary N) is 1. The van der Waals surface area contributed by atoms with Gasteiger partial charge < -0.3 is 10.1 Å². The molecule has 0 saturated heterocycles. The van der Waals surface area contributed by atoms with E-state index >= 15 is 0 Å². The quantitative estimate of drug-likeness (QED) is 0.858. The molecule has 0 heterocycles. The van der Waals surface area contributed by atoms with Gasteiger partial charge in [0.25, 0.3) is 0 Å². The first kappa shape index (κ1) is 14.2. The highest BCUT2D eigenvalue weighted by Gasteiger charge is 2.37. The number of rotatable bonds is 6. The average Bonchev–Trinajstić information content (AvgIpc) is 3.27. The van der Waals surface area contributed by atoms with E-state index in [1.807, 2.05) is 12.1 Å². The van der Waals surface area contributed by atoms with Crippen molar-refractivity contribution in [1.82, 2.24) is 5.32 Å². The lowest BCUT2D eigenvalue weighted by Crippen LogP contribution is -2.27. The second-order valence-corrected chi connectivity index (χ2v) is 6.31. The van der Waals surface area contributed by atoms with Crippen LogP contribution in [0.2, 0.25) is 0 Å². The molecular formula is C19H23NO. The molecule has 1 unspecified atom stereocenters. The molecule has 0 radical (unpaired) electrons. The summed E-state index contributed by atoms with van der Waals surface area (Å²) in [6, 6.07) is 19.3. The van der Waals surface area contributed by atoms with Crippen LogP contribution in [0.15, 0.2) is 54.6 Å². The summed E-state index contributed by atoms with van der Waals surface area (Å²) in [4.78, 5) is 0. The zero-order valence-electron chi connectivity index (χ0n) is 12.8. The zero-order valence-corrected chi connectivity index (χ0v) is 12.8. The van der Waals surface area contributed by atoms with Gasteiger partial charge in [-0.1, -0.05) is 49.4 Å². The highest BCUT2D eigenvalue weighted by molar-refractivity contribution is 5.35. The molecular weight excluding hydrogens is 258 g/mol. The van der Waals surface area contributed by atoms with E-state index < -0.39 is 0 Å². The molecule has 2 aromatic rings. The Hall–Kier alpha value is -1.80. The Morgan fingerprint density at radius 1 is 1.00 bits per heavy atom. The van der Waals surface area contributed by atoms with E-state index in [0.717, 1.165) is 12.3 Å². The summed E-state index contributed by atoms with van der Waals surface area (Å²) in [5, 5.41) is 3.75. The third-order valence-corrected chi connectivity index (χ3v) is 4.42. The van der Waals surface area contributed by atoms with E-state index in [9.17, 15) is 0 Å². The van der Waals surface area contributed by atoms with Gasteiger partial charge in [0.1, 0.15) is 5.75 Å². The highest BCUT2D eigenvalue weighted by atomic mass is 16.5. The highest BCUT2D eigenvalue weighted by Crippen LogP contribution is 2.44. The number of benzene rings is 2. The second kappa shape index (κ2) is 5.90. The molecule has 110 valence electrons. The van der Waals surface area contributed by atoms with Crippen LogP contribution >= 0.6 is 0 Å². The Kier molecular flexibility index (Phi) is 3.98. The van der Waals surface area contributed by atoms with Crippen molar-refractivity contribution >= 4 is 0 Å². The van der Waals surface area contributed by atoms with E-state index in [1.54, 1.807) is 7.11 Å². The predicted molar refractivity (Wildman–Crippen MR) is 86.6 cm³/mol. The number of hydrogen-bond donors (Lipinski definition) is 1. The predicted octanol–water partition coefficient (Wildman–Crippen LogP) is 4.17. The minimum atomic E-state index is 0.245. The van der Waals surface area contributed by atoms with Crippen LogP contribution in [-0.2, 0) is 0 Å². The summed E-state index contributed by atoms with van der Waals surface area (Å²) in [5.41, 5.74) is 3.10. The fraction of sp³-hybridized carbons (Fsp3) is 0.368. The molecule has 0 aliphatic heterocycles. The van der Waals surface area contributed by atoms with Crippen LogP contribution in [0.25, 0.3) is 0 Å². The summed E-state index contributed by atoms with van der Waals surface area (Å²) < 4.78 is 5.26. The van der Waals surface area contributed by atoms with Gasteiger partial charge in [0.2, 0.25) is 0 Å². The van der Waals surface area contributed by atoms with Crippen molar-refractivity contribution in [2.45, 2.75) is 25.8 Å². The summed E-state index contributed by atoms with van der Waals surface area (Å²) in [6.45, 7) is 3.43. The lowest BCUT2D eigenvalue weighted by molar-refractivity contribution is 0.414. The van der Waals surface area contributed by atoms with Gasteiger partial charge in [-0.25, -0.2) is 0 Å². The molecule has 0 bridgehead atoms. The molecule has 0 spiro atoms. The maximum absolute atomic E-state index is 5.26. The summed E-state index contributed by atoms with van der Waals surface area (Å²) >= 11 is 0. The van der Waals surface area contributed by atoms with Gasteiger partial charge in [0.15, 0.2) is 0 Å². The fourth-order valence-electron chi connectivity index (χ4n) is 2.61. The van der Waals surface area contributed by atoms with E-state index in [1.165, 1.54) is 24.0 Å². The molecule has 1 aliphatic carbocycles. The number of ether oxygens (including phenoxy) is 1. The normalized spacial score (nSPS) is 17.2. The van der Waals surface area contributed by atoms with Crippen LogP contribution in [0.1, 0.15) is 36.9 Å². The fourth-order valence-corrected chi connectivity index (χ4v) is 2.61. The van der Waals surface area contributed by atoms with Crippen molar-refractivity contribution in [1.29, 1.82) is 0 Å².